The predicted octanol–water partition coefficient (Wildman–Crippen LogP) is 0.606. The van der Waals surface area contributed by atoms with Gasteiger partial charge in [-0.05, 0) is 10.4 Å². The van der Waals surface area contributed by atoms with E-state index in [4.69, 9.17) is 0 Å². The number of fused-ring (bicyclic) bond motifs is 1. The minimum absolute atomic E-state index is 0.00810. The summed E-state index contributed by atoms with van der Waals surface area (Å²) >= 11 is 0. The fourth-order valence-electron chi connectivity index (χ4n) is 1.17. The van der Waals surface area contributed by atoms with Gasteiger partial charge in [-0.3, -0.25) is 10.1 Å². The molecule has 0 amide bonds. The summed E-state index contributed by atoms with van der Waals surface area (Å²) in [6.45, 7) is 4.37. The van der Waals surface area contributed by atoms with Crippen LogP contribution in [0.2, 0.25) is 0 Å². The van der Waals surface area contributed by atoms with Gasteiger partial charge in [-0.1, -0.05) is 13.8 Å². The summed E-state index contributed by atoms with van der Waals surface area (Å²) in [5.74, 6) is -0.263. The molecule has 2 heterocycles. The molecule has 1 aliphatic rings. The number of allylic oxidation sites excluding steroid dienone is 1. The van der Waals surface area contributed by atoms with Gasteiger partial charge in [0, 0.05) is 6.42 Å². The number of aliphatic hydroxyl groups is 1. The van der Waals surface area contributed by atoms with Crippen molar-refractivity contribution in [2.75, 3.05) is 0 Å². The number of tetrazole rings is 1. The van der Waals surface area contributed by atoms with Gasteiger partial charge in [0.05, 0.1) is 11.5 Å². The number of rotatable bonds is 1. The molecule has 0 fully saturated rings. The van der Waals surface area contributed by atoms with Crippen LogP contribution in [0.25, 0.3) is 5.70 Å². The van der Waals surface area contributed by atoms with Gasteiger partial charge in [-0.25, -0.2) is 4.68 Å². The molecule has 8 nitrogen and oxygen atoms in total. The van der Waals surface area contributed by atoms with Crippen molar-refractivity contribution in [2.24, 2.45) is 0 Å². The molecule has 1 aromatic heterocycles. The van der Waals surface area contributed by atoms with E-state index in [-0.39, 0.29) is 18.0 Å². The molecule has 0 radical (unpaired) electrons. The zero-order valence-electron chi connectivity index (χ0n) is 8.41. The monoisotopic (exact) mass is 213 g/mol. The van der Waals surface area contributed by atoms with Crippen LogP contribution < -0.4 is 0 Å². The quantitative estimate of drug-likeness (QED) is 0.540. The number of hydrogen-bond acceptors (Lipinski definition) is 6. The second-order valence-electron chi connectivity index (χ2n) is 2.53. The van der Waals surface area contributed by atoms with E-state index in [1.807, 2.05) is 13.8 Å². The zero-order chi connectivity index (χ0) is 11.4. The molecule has 0 bridgehead atoms. The zero-order valence-corrected chi connectivity index (χ0v) is 8.41. The summed E-state index contributed by atoms with van der Waals surface area (Å²) in [6.07, 6.45) is 0.189. The van der Waals surface area contributed by atoms with Crippen LogP contribution in [0.5, 0.6) is 0 Å². The summed E-state index contributed by atoms with van der Waals surface area (Å²) < 4.78 is 1.29. The molecule has 1 N–H and O–H groups in total. The van der Waals surface area contributed by atoms with E-state index in [0.29, 0.717) is 6.54 Å². The minimum atomic E-state index is -0.684. The first kappa shape index (κ1) is 11.1. The molecule has 0 atom stereocenters. The first-order chi connectivity index (χ1) is 7.20. The molecule has 0 aromatic carbocycles. The third kappa shape index (κ3) is 1.92. The van der Waals surface area contributed by atoms with Gasteiger partial charge in [0.15, 0.2) is 5.76 Å². The highest BCUT2D eigenvalue weighted by atomic mass is 16.6. The first-order valence-corrected chi connectivity index (χ1v) is 4.53. The van der Waals surface area contributed by atoms with Crippen LogP contribution in [0.1, 0.15) is 26.1 Å². The molecule has 8 heteroatoms. The van der Waals surface area contributed by atoms with Crippen LogP contribution in [-0.2, 0) is 6.54 Å². The van der Waals surface area contributed by atoms with Gasteiger partial charge in [-0.2, -0.15) is 0 Å². The average molecular weight is 213 g/mol. The van der Waals surface area contributed by atoms with Gasteiger partial charge >= 0.3 is 5.70 Å². The lowest BCUT2D eigenvalue weighted by atomic mass is 10.2. The topological polar surface area (TPSA) is 107 Å². The standard InChI is InChI=1S/C5H5N5O3.C2H6/c11-3-1-2-9-5(6-7-8-9)4(3)10(12)13;1-2/h11H,1-2H2;1-2H3. The van der Waals surface area contributed by atoms with Crippen molar-refractivity contribution in [2.45, 2.75) is 26.8 Å². The third-order valence-corrected chi connectivity index (χ3v) is 1.76. The van der Waals surface area contributed by atoms with Gasteiger partial charge in [0.25, 0.3) is 5.82 Å². The smallest absolute Gasteiger partial charge is 0.352 e. The van der Waals surface area contributed by atoms with E-state index >= 15 is 0 Å². The number of nitro groups is 1. The van der Waals surface area contributed by atoms with Crippen LogP contribution in [0.3, 0.4) is 0 Å². The summed E-state index contributed by atoms with van der Waals surface area (Å²) in [6, 6.07) is 0. The van der Waals surface area contributed by atoms with Crippen LogP contribution in [0.15, 0.2) is 5.76 Å². The maximum Gasteiger partial charge on any atom is 0.352 e. The summed E-state index contributed by atoms with van der Waals surface area (Å²) in [5, 5.41) is 30.0. The summed E-state index contributed by atoms with van der Waals surface area (Å²) in [7, 11) is 0. The number of aromatic nitrogens is 4. The van der Waals surface area contributed by atoms with Crippen molar-refractivity contribution in [1.82, 2.24) is 20.2 Å². The van der Waals surface area contributed by atoms with E-state index in [0.717, 1.165) is 0 Å². The number of nitrogens with zero attached hydrogens (tertiary/aromatic N) is 5. The molecule has 0 saturated carbocycles. The van der Waals surface area contributed by atoms with Crippen molar-refractivity contribution >= 4 is 5.70 Å². The Morgan fingerprint density at radius 1 is 1.53 bits per heavy atom. The Balaban J connectivity index is 0.000000531. The Labute approximate surface area is 85.4 Å². The third-order valence-electron chi connectivity index (χ3n) is 1.76. The highest BCUT2D eigenvalue weighted by molar-refractivity contribution is 5.54. The molecule has 1 aliphatic heterocycles. The lowest BCUT2D eigenvalue weighted by Gasteiger charge is -2.08. The molecular weight excluding hydrogens is 202 g/mol. The normalized spacial score (nSPS) is 14.0. The second-order valence-corrected chi connectivity index (χ2v) is 2.53. The van der Waals surface area contributed by atoms with E-state index < -0.39 is 10.6 Å². The molecule has 15 heavy (non-hydrogen) atoms. The van der Waals surface area contributed by atoms with E-state index in [1.54, 1.807) is 0 Å². The van der Waals surface area contributed by atoms with Crippen LogP contribution >= 0.6 is 0 Å². The molecule has 82 valence electrons. The lowest BCUT2D eigenvalue weighted by Crippen LogP contribution is -2.17. The molecule has 0 saturated heterocycles. The second kappa shape index (κ2) is 4.49. The SMILES string of the molecule is CC.O=[N+]([O-])C1=C(O)CCn2nnnc21. The van der Waals surface area contributed by atoms with Gasteiger partial charge in [0.1, 0.15) is 0 Å². The van der Waals surface area contributed by atoms with Crippen molar-refractivity contribution < 1.29 is 10.0 Å². The maximum absolute atomic E-state index is 10.5. The van der Waals surface area contributed by atoms with E-state index in [2.05, 4.69) is 15.5 Å². The fraction of sp³-hybridized carbons (Fsp3) is 0.571. The van der Waals surface area contributed by atoms with Gasteiger partial charge in [-0.15, -0.1) is 5.10 Å². The number of hydrogen-bond donors (Lipinski definition) is 1. The largest absolute Gasteiger partial charge is 0.506 e. The Kier molecular flexibility index (Phi) is 3.32. The Morgan fingerprint density at radius 2 is 2.20 bits per heavy atom. The van der Waals surface area contributed by atoms with Crippen molar-refractivity contribution in [1.29, 1.82) is 0 Å². The number of aliphatic hydroxyl groups excluding tert-OH is 1. The highest BCUT2D eigenvalue weighted by Crippen LogP contribution is 2.22. The van der Waals surface area contributed by atoms with E-state index in [1.165, 1.54) is 4.68 Å². The molecular formula is C7H11N5O3. The van der Waals surface area contributed by atoms with E-state index in [9.17, 15) is 15.2 Å². The summed E-state index contributed by atoms with van der Waals surface area (Å²) in [5.41, 5.74) is -0.406. The Bertz CT molecular complexity index is 397. The first-order valence-electron chi connectivity index (χ1n) is 4.53. The molecule has 1 aromatic rings. The van der Waals surface area contributed by atoms with Crippen LogP contribution in [0.4, 0.5) is 0 Å². The molecule has 0 spiro atoms. The Morgan fingerprint density at radius 3 is 2.80 bits per heavy atom. The summed E-state index contributed by atoms with van der Waals surface area (Å²) in [4.78, 5) is 9.82. The van der Waals surface area contributed by atoms with Crippen LogP contribution in [-0.4, -0.2) is 30.2 Å². The molecule has 2 rings (SSSR count). The maximum atomic E-state index is 10.5. The Hall–Kier alpha value is -1.99. The lowest BCUT2D eigenvalue weighted by molar-refractivity contribution is -0.379. The molecule has 0 aliphatic carbocycles. The van der Waals surface area contributed by atoms with Crippen LogP contribution in [0, 0.1) is 10.1 Å². The predicted molar refractivity (Wildman–Crippen MR) is 50.3 cm³/mol. The van der Waals surface area contributed by atoms with Crippen molar-refractivity contribution in [3.05, 3.63) is 21.7 Å². The van der Waals surface area contributed by atoms with Gasteiger partial charge in [0.2, 0.25) is 0 Å². The average Bonchev–Trinajstić information content (AvgIpc) is 2.67. The number of aryl methyl sites for hydroxylation is 1. The minimum Gasteiger partial charge on any atom is -0.506 e. The fourth-order valence-corrected chi connectivity index (χ4v) is 1.17. The molecule has 0 unspecified atom stereocenters. The highest BCUT2D eigenvalue weighted by Gasteiger charge is 2.31. The van der Waals surface area contributed by atoms with Gasteiger partial charge < -0.3 is 5.11 Å². The van der Waals surface area contributed by atoms with Crippen molar-refractivity contribution in [3.8, 4) is 0 Å². The van der Waals surface area contributed by atoms with Crippen molar-refractivity contribution in [3.63, 3.8) is 0 Å².